The number of hydrogen-bond donors (Lipinski definition) is 2. The molecule has 2 amide bonds. The van der Waals surface area contributed by atoms with E-state index in [1.807, 2.05) is 4.90 Å². The van der Waals surface area contributed by atoms with Gasteiger partial charge in [-0.05, 0) is 25.7 Å². The van der Waals surface area contributed by atoms with Gasteiger partial charge in [0.25, 0.3) is 0 Å². The highest BCUT2D eigenvalue weighted by molar-refractivity contribution is 5.74. The Balaban J connectivity index is 1.62. The topological polar surface area (TPSA) is 72.9 Å². The van der Waals surface area contributed by atoms with E-state index in [2.05, 4.69) is 11.4 Å². The molecule has 0 spiro atoms. The Morgan fingerprint density at radius 3 is 2.60 bits per heavy atom. The lowest BCUT2D eigenvalue weighted by Gasteiger charge is -2.33. The number of urea groups is 1. The van der Waals surface area contributed by atoms with Gasteiger partial charge in [-0.1, -0.05) is 11.6 Å². The van der Waals surface area contributed by atoms with Gasteiger partial charge in [-0.3, -0.25) is 9.69 Å². The van der Waals surface area contributed by atoms with Crippen molar-refractivity contribution < 1.29 is 14.7 Å². The fourth-order valence-corrected chi connectivity index (χ4v) is 2.71. The number of allylic oxidation sites excluding steroid dienone is 1. The van der Waals surface area contributed by atoms with E-state index in [-0.39, 0.29) is 12.6 Å². The highest BCUT2D eigenvalue weighted by atomic mass is 16.4. The van der Waals surface area contributed by atoms with Crippen molar-refractivity contribution >= 4 is 12.0 Å². The first-order valence-electron chi connectivity index (χ1n) is 7.30. The molecule has 0 aromatic carbocycles. The number of carboxylic acid groups (broad SMARTS) is 1. The van der Waals surface area contributed by atoms with Gasteiger partial charge < -0.3 is 15.3 Å². The van der Waals surface area contributed by atoms with E-state index in [1.165, 1.54) is 24.8 Å². The summed E-state index contributed by atoms with van der Waals surface area (Å²) in [5, 5.41) is 11.7. The highest BCUT2D eigenvalue weighted by Crippen LogP contribution is 2.19. The molecule has 0 saturated carbocycles. The van der Waals surface area contributed by atoms with Crippen molar-refractivity contribution in [1.29, 1.82) is 0 Å². The maximum atomic E-state index is 12.0. The van der Waals surface area contributed by atoms with Crippen LogP contribution in [0.25, 0.3) is 0 Å². The lowest BCUT2D eigenvalue weighted by atomic mass is 10.2. The van der Waals surface area contributed by atoms with Gasteiger partial charge in [0.15, 0.2) is 0 Å². The van der Waals surface area contributed by atoms with Crippen LogP contribution >= 0.6 is 0 Å². The summed E-state index contributed by atoms with van der Waals surface area (Å²) >= 11 is 0. The number of carboxylic acids is 1. The number of rotatable bonds is 5. The molecular weight excluding hydrogens is 258 g/mol. The van der Waals surface area contributed by atoms with Crippen LogP contribution in [0, 0.1) is 0 Å². The second-order valence-corrected chi connectivity index (χ2v) is 5.39. The van der Waals surface area contributed by atoms with Crippen LogP contribution in [0.3, 0.4) is 0 Å². The number of piperazine rings is 1. The largest absolute Gasteiger partial charge is 0.480 e. The molecule has 1 aliphatic carbocycles. The lowest BCUT2D eigenvalue weighted by molar-refractivity contribution is -0.138. The van der Waals surface area contributed by atoms with Crippen LogP contribution in [0.2, 0.25) is 0 Å². The third-order valence-corrected chi connectivity index (χ3v) is 3.88. The van der Waals surface area contributed by atoms with E-state index < -0.39 is 5.97 Å². The molecule has 2 aliphatic rings. The number of hydrogen-bond acceptors (Lipinski definition) is 3. The summed E-state index contributed by atoms with van der Waals surface area (Å²) in [5.74, 6) is -0.812. The van der Waals surface area contributed by atoms with E-state index in [0.717, 1.165) is 6.42 Å². The van der Waals surface area contributed by atoms with Crippen LogP contribution in [-0.2, 0) is 4.79 Å². The molecule has 1 heterocycles. The Morgan fingerprint density at radius 1 is 1.25 bits per heavy atom. The zero-order chi connectivity index (χ0) is 14.4. The molecule has 1 saturated heterocycles. The number of amides is 2. The van der Waals surface area contributed by atoms with Crippen molar-refractivity contribution in [2.45, 2.75) is 25.7 Å². The maximum Gasteiger partial charge on any atom is 0.317 e. The van der Waals surface area contributed by atoms with Crippen LogP contribution < -0.4 is 5.32 Å². The molecule has 0 bridgehead atoms. The summed E-state index contributed by atoms with van der Waals surface area (Å²) in [6.45, 7) is 3.21. The SMILES string of the molecule is O=C(O)CN1CCN(C(=O)NCCC2=CCCC2)CC1. The average molecular weight is 281 g/mol. The van der Waals surface area contributed by atoms with Crippen molar-refractivity contribution in [3.8, 4) is 0 Å². The van der Waals surface area contributed by atoms with Crippen LogP contribution in [-0.4, -0.2) is 66.2 Å². The fourth-order valence-electron chi connectivity index (χ4n) is 2.71. The predicted octanol–water partition coefficient (Wildman–Crippen LogP) is 0.899. The highest BCUT2D eigenvalue weighted by Gasteiger charge is 2.21. The average Bonchev–Trinajstić information content (AvgIpc) is 2.92. The molecule has 0 atom stereocenters. The Labute approximate surface area is 119 Å². The number of carbonyl (C=O) groups excluding carboxylic acids is 1. The number of nitrogens with one attached hydrogen (secondary N) is 1. The molecule has 112 valence electrons. The molecule has 1 fully saturated rings. The standard InChI is InChI=1S/C14H23N3O3/c18-13(19)11-16-7-9-17(10-8-16)14(20)15-6-5-12-3-1-2-4-12/h3H,1-2,4-11H2,(H,15,20)(H,18,19). The monoisotopic (exact) mass is 281 g/mol. The molecule has 0 radical (unpaired) electrons. The van der Waals surface area contributed by atoms with Gasteiger partial charge in [0.05, 0.1) is 6.54 Å². The summed E-state index contributed by atoms with van der Waals surface area (Å²) in [4.78, 5) is 26.2. The van der Waals surface area contributed by atoms with E-state index in [4.69, 9.17) is 5.11 Å². The zero-order valence-electron chi connectivity index (χ0n) is 11.8. The molecule has 6 heteroatoms. The quantitative estimate of drug-likeness (QED) is 0.734. The molecule has 1 aliphatic heterocycles. The molecule has 2 N–H and O–H groups in total. The Bertz CT molecular complexity index is 387. The Hall–Kier alpha value is -1.56. The third kappa shape index (κ3) is 4.52. The van der Waals surface area contributed by atoms with Gasteiger partial charge in [0.2, 0.25) is 0 Å². The minimum absolute atomic E-state index is 0.0291. The first-order valence-corrected chi connectivity index (χ1v) is 7.30. The van der Waals surface area contributed by atoms with Crippen LogP contribution in [0.15, 0.2) is 11.6 Å². The lowest BCUT2D eigenvalue weighted by Crippen LogP contribution is -2.52. The van der Waals surface area contributed by atoms with E-state index in [1.54, 1.807) is 4.90 Å². The molecule has 0 aromatic rings. The minimum Gasteiger partial charge on any atom is -0.480 e. The number of aliphatic carboxylic acids is 1. The van der Waals surface area contributed by atoms with Crippen LogP contribution in [0.5, 0.6) is 0 Å². The maximum absolute atomic E-state index is 12.0. The van der Waals surface area contributed by atoms with E-state index in [9.17, 15) is 9.59 Å². The molecule has 2 rings (SSSR count). The minimum atomic E-state index is -0.812. The number of nitrogens with zero attached hydrogens (tertiary/aromatic N) is 2. The van der Waals surface area contributed by atoms with E-state index >= 15 is 0 Å². The van der Waals surface area contributed by atoms with Gasteiger partial charge in [-0.2, -0.15) is 0 Å². The molecular formula is C14H23N3O3. The van der Waals surface area contributed by atoms with Crippen LogP contribution in [0.4, 0.5) is 4.79 Å². The fraction of sp³-hybridized carbons (Fsp3) is 0.714. The summed E-state index contributed by atoms with van der Waals surface area (Å²) in [6, 6.07) is -0.0291. The first-order chi connectivity index (χ1) is 9.65. The second kappa shape index (κ2) is 7.28. The Morgan fingerprint density at radius 2 is 2.00 bits per heavy atom. The first kappa shape index (κ1) is 14.8. The van der Waals surface area contributed by atoms with Crippen molar-refractivity contribution in [2.75, 3.05) is 39.3 Å². The summed E-state index contributed by atoms with van der Waals surface area (Å²) in [7, 11) is 0. The van der Waals surface area contributed by atoms with Gasteiger partial charge in [0, 0.05) is 32.7 Å². The molecule has 0 unspecified atom stereocenters. The molecule has 6 nitrogen and oxygen atoms in total. The normalized spacial score (nSPS) is 19.8. The zero-order valence-corrected chi connectivity index (χ0v) is 11.8. The smallest absolute Gasteiger partial charge is 0.317 e. The summed E-state index contributed by atoms with van der Waals surface area (Å²) in [5.41, 5.74) is 1.46. The van der Waals surface area contributed by atoms with Crippen LogP contribution in [0.1, 0.15) is 25.7 Å². The molecule has 0 aromatic heterocycles. The summed E-state index contributed by atoms with van der Waals surface area (Å²) in [6.07, 6.45) is 6.81. The van der Waals surface area contributed by atoms with Gasteiger partial charge in [-0.15, -0.1) is 0 Å². The van der Waals surface area contributed by atoms with Gasteiger partial charge in [-0.25, -0.2) is 4.79 Å². The third-order valence-electron chi connectivity index (χ3n) is 3.88. The van der Waals surface area contributed by atoms with Crippen molar-refractivity contribution in [1.82, 2.24) is 15.1 Å². The predicted molar refractivity (Wildman–Crippen MR) is 75.6 cm³/mol. The van der Waals surface area contributed by atoms with E-state index in [0.29, 0.717) is 32.7 Å². The Kier molecular flexibility index (Phi) is 5.40. The van der Waals surface area contributed by atoms with Gasteiger partial charge in [0.1, 0.15) is 0 Å². The molecule has 20 heavy (non-hydrogen) atoms. The van der Waals surface area contributed by atoms with Crippen molar-refractivity contribution in [3.05, 3.63) is 11.6 Å². The number of carbonyl (C=O) groups is 2. The van der Waals surface area contributed by atoms with Gasteiger partial charge >= 0.3 is 12.0 Å². The van der Waals surface area contributed by atoms with Crippen molar-refractivity contribution in [2.24, 2.45) is 0 Å². The second-order valence-electron chi connectivity index (χ2n) is 5.39. The van der Waals surface area contributed by atoms with Crippen molar-refractivity contribution in [3.63, 3.8) is 0 Å². The summed E-state index contributed by atoms with van der Waals surface area (Å²) < 4.78 is 0.